The molecule has 0 saturated heterocycles. The summed E-state index contributed by atoms with van der Waals surface area (Å²) in [5, 5.41) is 0. The van der Waals surface area contributed by atoms with E-state index in [1.54, 1.807) is 6.08 Å². The third kappa shape index (κ3) is 7.67. The standard InChI is InChI=1S/C27H28O.4C2H6.C2H4/c1-7-13-22-19(9-3)17-25(18(5)6)27(22)23(14-8-2)20(10-4)26(28)21-15-11-12-16-24(21)27;5*1-2/h7-18H,3-4H2,1-2,5-6H3;4*1-2H3;1-2H2/b13-7-,14-8-;;;;;. The number of Topliss-reactive ketones (excluding diaryl/α,β-unsaturated/α-hetero) is 1. The molecule has 1 nitrogen and oxygen atoms in total. The molecule has 38 heavy (non-hydrogen) atoms. The molecule has 0 saturated carbocycles. The first-order valence-corrected chi connectivity index (χ1v) is 14.3. The van der Waals surface area contributed by atoms with Gasteiger partial charge in [0.1, 0.15) is 0 Å². The summed E-state index contributed by atoms with van der Waals surface area (Å²) in [5.41, 5.74) is 6.52. The monoisotopic (exact) mass is 516 g/mol. The van der Waals surface area contributed by atoms with E-state index in [4.69, 9.17) is 0 Å². The van der Waals surface area contributed by atoms with E-state index in [0.29, 0.717) is 11.5 Å². The fourth-order valence-electron chi connectivity index (χ4n) is 4.69. The minimum atomic E-state index is -0.509. The van der Waals surface area contributed by atoms with Crippen LogP contribution >= 0.6 is 0 Å². The average molecular weight is 517 g/mol. The van der Waals surface area contributed by atoms with Crippen molar-refractivity contribution >= 4 is 5.78 Å². The van der Waals surface area contributed by atoms with Gasteiger partial charge in [0.15, 0.2) is 5.78 Å². The van der Waals surface area contributed by atoms with Gasteiger partial charge >= 0.3 is 0 Å². The maximum Gasteiger partial charge on any atom is 0.193 e. The number of fused-ring (bicyclic) bond motifs is 2. The Morgan fingerprint density at radius 2 is 1.24 bits per heavy atom. The highest BCUT2D eigenvalue weighted by Crippen LogP contribution is 2.58. The van der Waals surface area contributed by atoms with Gasteiger partial charge < -0.3 is 0 Å². The zero-order chi connectivity index (χ0) is 30.5. The number of carbonyl (C=O) groups is 1. The molecule has 2 aliphatic carbocycles. The minimum Gasteiger partial charge on any atom is -0.289 e. The molecule has 0 radical (unpaired) electrons. The van der Waals surface area contributed by atoms with E-state index in [2.05, 4.69) is 70.5 Å². The molecule has 210 valence electrons. The molecule has 0 fully saturated rings. The Balaban J connectivity index is -0.00000110. The molecule has 1 unspecified atom stereocenters. The van der Waals surface area contributed by atoms with E-state index >= 15 is 0 Å². The summed E-state index contributed by atoms with van der Waals surface area (Å²) in [5.74, 6) is 0.338. The first kappa shape index (κ1) is 39.3. The second kappa shape index (κ2) is 21.9. The van der Waals surface area contributed by atoms with Crippen molar-refractivity contribution in [3.05, 3.63) is 132 Å². The lowest BCUT2D eigenvalue weighted by molar-refractivity contribution is 0.103. The molecule has 0 aromatic heterocycles. The average Bonchev–Trinajstić information content (AvgIpc) is 3.32. The molecule has 2 aliphatic rings. The summed E-state index contributed by atoms with van der Waals surface area (Å²) >= 11 is 0. The predicted octanol–water partition coefficient (Wildman–Crippen LogP) is 11.7. The molecule has 1 atom stereocenters. The summed E-state index contributed by atoms with van der Waals surface area (Å²) in [6.45, 7) is 38.5. The van der Waals surface area contributed by atoms with Crippen molar-refractivity contribution in [3.8, 4) is 0 Å². The third-order valence-electron chi connectivity index (χ3n) is 5.69. The van der Waals surface area contributed by atoms with E-state index < -0.39 is 5.41 Å². The molecular weight excluding hydrogens is 460 g/mol. The number of benzene rings is 1. The Kier molecular flexibility index (Phi) is 22.6. The maximum absolute atomic E-state index is 13.3. The molecule has 0 aliphatic heterocycles. The fourth-order valence-corrected chi connectivity index (χ4v) is 4.69. The van der Waals surface area contributed by atoms with Gasteiger partial charge in [-0.3, -0.25) is 4.79 Å². The predicted molar refractivity (Wildman–Crippen MR) is 176 cm³/mol. The van der Waals surface area contributed by atoms with Gasteiger partial charge in [0, 0.05) is 11.1 Å². The minimum absolute atomic E-state index is 0.0410. The highest BCUT2D eigenvalue weighted by Gasteiger charge is 2.51. The fraction of sp³-hybridized carbons (Fsp3) is 0.378. The van der Waals surface area contributed by atoms with Crippen molar-refractivity contribution in [2.24, 2.45) is 5.92 Å². The highest BCUT2D eigenvalue weighted by molar-refractivity contribution is 6.15. The first-order valence-electron chi connectivity index (χ1n) is 14.3. The van der Waals surface area contributed by atoms with Crippen molar-refractivity contribution < 1.29 is 4.79 Å². The first-order chi connectivity index (χ1) is 18.5. The summed E-state index contributed by atoms with van der Waals surface area (Å²) in [4.78, 5) is 13.3. The molecule has 1 aromatic carbocycles. The van der Waals surface area contributed by atoms with Crippen LogP contribution in [0.1, 0.15) is 99.0 Å². The van der Waals surface area contributed by atoms with Crippen LogP contribution in [0.2, 0.25) is 0 Å². The van der Waals surface area contributed by atoms with Gasteiger partial charge in [0.25, 0.3) is 0 Å². The van der Waals surface area contributed by atoms with Crippen LogP contribution < -0.4 is 0 Å². The van der Waals surface area contributed by atoms with Crippen LogP contribution in [0.3, 0.4) is 0 Å². The molecule has 0 heterocycles. The summed E-state index contributed by atoms with van der Waals surface area (Å²) in [7, 11) is 0. The molecular formula is C37H56O. The highest BCUT2D eigenvalue weighted by atomic mass is 16.1. The van der Waals surface area contributed by atoms with Crippen LogP contribution in [0, 0.1) is 5.92 Å². The Labute approximate surface area is 236 Å². The van der Waals surface area contributed by atoms with Crippen molar-refractivity contribution in [1.82, 2.24) is 0 Å². The lowest BCUT2D eigenvalue weighted by Crippen LogP contribution is -2.39. The number of ketones is 1. The van der Waals surface area contributed by atoms with Gasteiger partial charge in [-0.05, 0) is 47.6 Å². The van der Waals surface area contributed by atoms with Gasteiger partial charge in [0.05, 0.1) is 5.41 Å². The molecule has 1 heteroatoms. The zero-order valence-electron chi connectivity index (χ0n) is 26.7. The molecule has 0 N–H and O–H groups in total. The molecule has 0 amide bonds. The van der Waals surface area contributed by atoms with E-state index in [1.807, 2.05) is 99.6 Å². The molecule has 1 spiro atoms. The van der Waals surface area contributed by atoms with Gasteiger partial charge in [-0.15, -0.1) is 13.2 Å². The van der Waals surface area contributed by atoms with Crippen LogP contribution in [-0.2, 0) is 5.41 Å². The van der Waals surface area contributed by atoms with Gasteiger partial charge in [0.2, 0.25) is 0 Å². The van der Waals surface area contributed by atoms with Crippen molar-refractivity contribution in [2.75, 3.05) is 0 Å². The van der Waals surface area contributed by atoms with Crippen molar-refractivity contribution in [3.63, 3.8) is 0 Å². The Morgan fingerprint density at radius 1 is 0.763 bits per heavy atom. The van der Waals surface area contributed by atoms with Crippen LogP contribution in [0.15, 0.2) is 121 Å². The molecule has 3 rings (SSSR count). The number of rotatable bonds is 5. The quantitative estimate of drug-likeness (QED) is 0.356. The zero-order valence-corrected chi connectivity index (χ0v) is 26.7. The largest absolute Gasteiger partial charge is 0.289 e. The number of carbonyl (C=O) groups excluding carboxylic acids is 1. The van der Waals surface area contributed by atoms with Crippen molar-refractivity contribution in [1.29, 1.82) is 0 Å². The van der Waals surface area contributed by atoms with E-state index in [-0.39, 0.29) is 5.78 Å². The Hall–Kier alpha value is -3.19. The lowest BCUT2D eigenvalue weighted by Gasteiger charge is -2.43. The normalized spacial score (nSPS) is 17.0. The summed E-state index contributed by atoms with van der Waals surface area (Å²) in [6, 6.07) is 8.00. The Bertz CT molecular complexity index is 1020. The topological polar surface area (TPSA) is 17.1 Å². The van der Waals surface area contributed by atoms with E-state index in [9.17, 15) is 4.79 Å². The van der Waals surface area contributed by atoms with Crippen LogP contribution in [0.5, 0.6) is 0 Å². The summed E-state index contributed by atoms with van der Waals surface area (Å²) in [6.07, 6.45) is 14.2. The van der Waals surface area contributed by atoms with Gasteiger partial charge in [-0.1, -0.05) is 149 Å². The molecule has 0 bridgehead atoms. The van der Waals surface area contributed by atoms with Gasteiger partial charge in [-0.2, -0.15) is 0 Å². The number of hydrogen-bond donors (Lipinski definition) is 0. The smallest absolute Gasteiger partial charge is 0.193 e. The van der Waals surface area contributed by atoms with Crippen LogP contribution in [0.25, 0.3) is 0 Å². The van der Waals surface area contributed by atoms with Gasteiger partial charge in [-0.25, -0.2) is 0 Å². The van der Waals surface area contributed by atoms with Crippen LogP contribution in [0.4, 0.5) is 0 Å². The number of hydrogen-bond acceptors (Lipinski definition) is 1. The van der Waals surface area contributed by atoms with E-state index in [0.717, 1.165) is 22.3 Å². The SMILES string of the molecule is C=C.C=CC1=C(/C=C\C)C2(C(C(C)C)=C1)C(/C=C\C)=C(C=C)C(=O)c1ccccc12.CC.CC.CC.CC. The van der Waals surface area contributed by atoms with E-state index in [1.165, 1.54) is 11.1 Å². The Morgan fingerprint density at radius 3 is 1.66 bits per heavy atom. The third-order valence-corrected chi connectivity index (χ3v) is 5.69. The maximum atomic E-state index is 13.3. The lowest BCUT2D eigenvalue weighted by atomic mass is 9.58. The van der Waals surface area contributed by atoms with Crippen LogP contribution in [-0.4, -0.2) is 5.78 Å². The van der Waals surface area contributed by atoms with Crippen molar-refractivity contribution in [2.45, 2.75) is 88.5 Å². The number of allylic oxidation sites excluding steroid dienone is 12. The second-order valence-corrected chi connectivity index (χ2v) is 7.48. The summed E-state index contributed by atoms with van der Waals surface area (Å²) < 4.78 is 0. The second-order valence-electron chi connectivity index (χ2n) is 7.48. The molecule has 1 aromatic rings.